The number of amides is 1. The lowest BCUT2D eigenvalue weighted by molar-refractivity contribution is -0.113. The summed E-state index contributed by atoms with van der Waals surface area (Å²) in [5, 5.41) is 11.8. The van der Waals surface area contributed by atoms with Crippen LogP contribution in [0.4, 0.5) is 15.2 Å². The maximum Gasteiger partial charge on any atom is 0.236 e. The highest BCUT2D eigenvalue weighted by atomic mass is 32.2. The number of nitrogens with zero attached hydrogens (tertiary/aromatic N) is 5. The van der Waals surface area contributed by atoms with E-state index >= 15 is 0 Å². The summed E-state index contributed by atoms with van der Waals surface area (Å²) in [7, 11) is -1.96. The molecule has 0 atom stereocenters. The summed E-state index contributed by atoms with van der Waals surface area (Å²) in [6, 6.07) is 5.14. The molecular formula is C17H19FN6O3S3. The van der Waals surface area contributed by atoms with Crippen LogP contribution in [-0.2, 0) is 28.4 Å². The summed E-state index contributed by atoms with van der Waals surface area (Å²) in [6.07, 6.45) is 2.74. The van der Waals surface area contributed by atoms with Gasteiger partial charge in [0.25, 0.3) is 0 Å². The average molecular weight is 471 g/mol. The highest BCUT2D eigenvalue weighted by molar-refractivity contribution is 7.99. The number of carbonyl (C=O) groups excluding carboxylic acids is 1. The number of thioether (sulfide) groups is 1. The van der Waals surface area contributed by atoms with E-state index in [-0.39, 0.29) is 18.2 Å². The van der Waals surface area contributed by atoms with Crippen molar-refractivity contribution in [2.24, 2.45) is 7.05 Å². The molecule has 0 radical (unpaired) electrons. The summed E-state index contributed by atoms with van der Waals surface area (Å²) in [5.41, 5.74) is 0.314. The van der Waals surface area contributed by atoms with Crippen LogP contribution in [0.5, 0.6) is 0 Å². The lowest BCUT2D eigenvalue weighted by atomic mass is 10.3. The van der Waals surface area contributed by atoms with Gasteiger partial charge in [-0.05, 0) is 31.2 Å². The van der Waals surface area contributed by atoms with Gasteiger partial charge in [-0.1, -0.05) is 11.8 Å². The van der Waals surface area contributed by atoms with E-state index in [1.54, 1.807) is 17.8 Å². The van der Waals surface area contributed by atoms with Gasteiger partial charge < -0.3 is 9.88 Å². The van der Waals surface area contributed by atoms with Crippen molar-refractivity contribution >= 4 is 49.8 Å². The molecule has 160 valence electrons. The SMILES string of the molecule is Cc1cnc(NC(=O)CSc2nnc(CN(c3ccc(F)cc3)S(C)(=O)=O)n2C)s1. The molecule has 3 rings (SSSR count). The molecule has 1 amide bonds. The first-order valence-electron chi connectivity index (χ1n) is 8.60. The summed E-state index contributed by atoms with van der Waals surface area (Å²) >= 11 is 2.55. The lowest BCUT2D eigenvalue weighted by Crippen LogP contribution is -2.30. The number of carbonyl (C=O) groups is 1. The topological polar surface area (TPSA) is 110 Å². The quantitative estimate of drug-likeness (QED) is 0.504. The van der Waals surface area contributed by atoms with Crippen LogP contribution >= 0.6 is 23.1 Å². The van der Waals surface area contributed by atoms with E-state index in [1.165, 1.54) is 47.4 Å². The van der Waals surface area contributed by atoms with E-state index in [2.05, 4.69) is 20.5 Å². The monoisotopic (exact) mass is 470 g/mol. The van der Waals surface area contributed by atoms with Crippen molar-refractivity contribution in [1.82, 2.24) is 19.7 Å². The van der Waals surface area contributed by atoms with Gasteiger partial charge >= 0.3 is 0 Å². The Balaban J connectivity index is 1.68. The number of hydrogen-bond donors (Lipinski definition) is 1. The number of rotatable bonds is 8. The van der Waals surface area contributed by atoms with Gasteiger partial charge in [0.15, 0.2) is 16.1 Å². The van der Waals surface area contributed by atoms with Crippen LogP contribution in [0.3, 0.4) is 0 Å². The van der Waals surface area contributed by atoms with E-state index in [9.17, 15) is 17.6 Å². The van der Waals surface area contributed by atoms with Gasteiger partial charge in [-0.15, -0.1) is 21.5 Å². The maximum atomic E-state index is 13.2. The molecular weight excluding hydrogens is 451 g/mol. The fourth-order valence-electron chi connectivity index (χ4n) is 2.44. The Hall–Kier alpha value is -2.51. The minimum absolute atomic E-state index is 0.0842. The molecule has 0 bridgehead atoms. The second-order valence-corrected chi connectivity index (χ2v) is 10.4. The number of benzene rings is 1. The number of hydrogen-bond acceptors (Lipinski definition) is 8. The summed E-state index contributed by atoms with van der Waals surface area (Å²) in [6.45, 7) is 1.81. The molecule has 0 aliphatic rings. The van der Waals surface area contributed by atoms with Crippen LogP contribution < -0.4 is 9.62 Å². The first-order chi connectivity index (χ1) is 14.1. The molecule has 0 aliphatic carbocycles. The molecule has 2 heterocycles. The van der Waals surface area contributed by atoms with Crippen LogP contribution in [0.2, 0.25) is 0 Å². The maximum absolute atomic E-state index is 13.2. The number of thiazole rings is 1. The molecule has 0 saturated carbocycles. The van der Waals surface area contributed by atoms with Gasteiger partial charge in [-0.2, -0.15) is 0 Å². The molecule has 0 saturated heterocycles. The largest absolute Gasteiger partial charge is 0.308 e. The third-order valence-electron chi connectivity index (χ3n) is 3.93. The molecule has 2 aromatic heterocycles. The Kier molecular flexibility index (Phi) is 6.73. The minimum atomic E-state index is -3.64. The second-order valence-electron chi connectivity index (χ2n) is 6.32. The molecule has 1 aromatic carbocycles. The van der Waals surface area contributed by atoms with Crippen LogP contribution in [0.1, 0.15) is 10.7 Å². The zero-order valence-electron chi connectivity index (χ0n) is 16.4. The number of halogens is 1. The van der Waals surface area contributed by atoms with Crippen molar-refractivity contribution in [2.45, 2.75) is 18.6 Å². The van der Waals surface area contributed by atoms with Gasteiger partial charge in [0.1, 0.15) is 5.82 Å². The standard InChI is InChI=1S/C17H19FN6O3S3/c1-11-8-19-16(29-11)20-15(25)10-28-17-22-21-14(23(17)2)9-24(30(3,26)27)13-6-4-12(18)5-7-13/h4-8H,9-10H2,1-3H3,(H,19,20,25). The Labute approximate surface area is 181 Å². The lowest BCUT2D eigenvalue weighted by Gasteiger charge is -2.21. The Bertz CT molecular complexity index is 1140. The predicted octanol–water partition coefficient (Wildman–Crippen LogP) is 2.42. The number of aryl methyl sites for hydroxylation is 1. The number of aromatic nitrogens is 4. The zero-order chi connectivity index (χ0) is 21.9. The van der Waals surface area contributed by atoms with E-state index in [4.69, 9.17) is 0 Å². The Morgan fingerprint density at radius 2 is 2.00 bits per heavy atom. The highest BCUT2D eigenvalue weighted by Gasteiger charge is 2.22. The van der Waals surface area contributed by atoms with E-state index < -0.39 is 15.8 Å². The van der Waals surface area contributed by atoms with Crippen molar-refractivity contribution in [3.05, 3.63) is 47.0 Å². The van der Waals surface area contributed by atoms with Crippen LogP contribution in [0.15, 0.2) is 35.6 Å². The smallest absolute Gasteiger partial charge is 0.236 e. The molecule has 3 aromatic rings. The summed E-state index contributed by atoms with van der Waals surface area (Å²) in [4.78, 5) is 17.2. The third-order valence-corrected chi connectivity index (χ3v) is 6.91. The van der Waals surface area contributed by atoms with Crippen LogP contribution in [0.25, 0.3) is 0 Å². The average Bonchev–Trinajstić information content (AvgIpc) is 3.23. The minimum Gasteiger partial charge on any atom is -0.308 e. The highest BCUT2D eigenvalue weighted by Crippen LogP contribution is 2.23. The van der Waals surface area contributed by atoms with Gasteiger partial charge in [-0.25, -0.2) is 17.8 Å². The predicted molar refractivity (Wildman–Crippen MR) is 115 cm³/mol. The number of anilines is 2. The number of sulfonamides is 1. The van der Waals surface area contributed by atoms with Gasteiger partial charge in [0.05, 0.1) is 24.2 Å². The molecule has 0 unspecified atom stereocenters. The van der Waals surface area contributed by atoms with Crippen LogP contribution in [0, 0.1) is 12.7 Å². The fraction of sp³-hybridized carbons (Fsp3) is 0.294. The van der Waals surface area contributed by atoms with Crippen LogP contribution in [-0.4, -0.2) is 46.1 Å². The zero-order valence-corrected chi connectivity index (χ0v) is 18.8. The second kappa shape index (κ2) is 9.10. The molecule has 0 aliphatic heterocycles. The van der Waals surface area contributed by atoms with Crippen molar-refractivity contribution in [3.63, 3.8) is 0 Å². The third kappa shape index (κ3) is 5.55. The Morgan fingerprint density at radius 1 is 1.30 bits per heavy atom. The fourth-order valence-corrected chi connectivity index (χ4v) is 4.71. The normalized spacial score (nSPS) is 11.5. The molecule has 13 heteroatoms. The van der Waals surface area contributed by atoms with Gasteiger partial charge in [0.2, 0.25) is 15.9 Å². The van der Waals surface area contributed by atoms with E-state index in [0.717, 1.165) is 15.4 Å². The van der Waals surface area contributed by atoms with Gasteiger partial charge in [0, 0.05) is 18.1 Å². The van der Waals surface area contributed by atoms with Crippen molar-refractivity contribution < 1.29 is 17.6 Å². The Morgan fingerprint density at radius 3 is 2.60 bits per heavy atom. The van der Waals surface area contributed by atoms with Crippen molar-refractivity contribution in [1.29, 1.82) is 0 Å². The van der Waals surface area contributed by atoms with E-state index in [1.807, 2.05) is 6.92 Å². The molecule has 9 nitrogen and oxygen atoms in total. The molecule has 0 spiro atoms. The summed E-state index contributed by atoms with van der Waals surface area (Å²) < 4.78 is 40.4. The summed E-state index contributed by atoms with van der Waals surface area (Å²) in [5.74, 6) is -0.222. The molecule has 1 N–H and O–H groups in total. The van der Waals surface area contributed by atoms with Gasteiger partial charge in [-0.3, -0.25) is 9.10 Å². The molecule has 0 fully saturated rings. The number of nitrogens with one attached hydrogen (secondary N) is 1. The van der Waals surface area contributed by atoms with Crippen molar-refractivity contribution in [3.8, 4) is 0 Å². The van der Waals surface area contributed by atoms with Crippen molar-refractivity contribution in [2.75, 3.05) is 21.6 Å². The first kappa shape index (κ1) is 22.2. The van der Waals surface area contributed by atoms with E-state index in [0.29, 0.717) is 21.8 Å². The molecule has 30 heavy (non-hydrogen) atoms. The first-order valence-corrected chi connectivity index (χ1v) is 12.2.